The highest BCUT2D eigenvalue weighted by molar-refractivity contribution is 9.10. The Morgan fingerprint density at radius 1 is 1.17 bits per heavy atom. The van der Waals surface area contributed by atoms with E-state index in [2.05, 4.69) is 41.4 Å². The summed E-state index contributed by atoms with van der Waals surface area (Å²) in [5.41, 5.74) is 2.45. The molecule has 6 nitrogen and oxygen atoms in total. The Bertz CT molecular complexity index is 970. The molecule has 4 rings (SSSR count). The summed E-state index contributed by atoms with van der Waals surface area (Å²) in [6.45, 7) is 0. The molecule has 0 radical (unpaired) electrons. The highest BCUT2D eigenvalue weighted by Crippen LogP contribution is 2.31. The predicted octanol–water partition coefficient (Wildman–Crippen LogP) is 4.76. The summed E-state index contributed by atoms with van der Waals surface area (Å²) in [5, 5.41) is 11.2. The number of rotatable bonds is 4. The normalized spacial score (nSPS) is 10.7. The fraction of sp³-hybridized carbons (Fsp3) is 0. The Hall–Kier alpha value is -2.58. The highest BCUT2D eigenvalue weighted by atomic mass is 79.9. The number of benzene rings is 1. The van der Waals surface area contributed by atoms with E-state index in [-0.39, 0.29) is 0 Å². The minimum absolute atomic E-state index is 0.367. The van der Waals surface area contributed by atoms with Gasteiger partial charge in [0.05, 0.1) is 5.69 Å². The van der Waals surface area contributed by atoms with Crippen LogP contribution in [0.1, 0.15) is 0 Å². The van der Waals surface area contributed by atoms with Crippen molar-refractivity contribution in [3.63, 3.8) is 0 Å². The molecule has 0 aliphatic rings. The predicted molar refractivity (Wildman–Crippen MR) is 96.1 cm³/mol. The van der Waals surface area contributed by atoms with Crippen LogP contribution in [0.3, 0.4) is 0 Å². The molecule has 0 aliphatic heterocycles. The molecule has 0 fully saturated rings. The smallest absolute Gasteiger partial charge is 0.263 e. The molecule has 0 aliphatic carbocycles. The molecule has 8 heteroatoms. The minimum Gasteiger partial charge on any atom is -0.339 e. The van der Waals surface area contributed by atoms with E-state index in [0.717, 1.165) is 15.7 Å². The lowest BCUT2D eigenvalue weighted by Crippen LogP contribution is -1.98. The van der Waals surface area contributed by atoms with Gasteiger partial charge >= 0.3 is 0 Å². The van der Waals surface area contributed by atoms with E-state index < -0.39 is 0 Å². The number of hydrogen-bond acceptors (Lipinski definition) is 7. The van der Waals surface area contributed by atoms with Gasteiger partial charge in [0.2, 0.25) is 5.82 Å². The van der Waals surface area contributed by atoms with Crippen LogP contribution in [0, 0.1) is 0 Å². The van der Waals surface area contributed by atoms with E-state index in [4.69, 9.17) is 4.52 Å². The minimum atomic E-state index is 0.367. The summed E-state index contributed by atoms with van der Waals surface area (Å²) in [6.07, 6.45) is 3.12. The average molecular weight is 400 g/mol. The van der Waals surface area contributed by atoms with Crippen molar-refractivity contribution in [2.45, 2.75) is 0 Å². The summed E-state index contributed by atoms with van der Waals surface area (Å²) < 4.78 is 6.32. The number of halogens is 1. The standard InChI is InChI=1S/C16H10BrN5OS/c17-12-3-1-2-4-13(12)20-15-11(7-18-9-19-15)16-21-14(22-23-16)10-5-6-24-8-10/h1-9H,(H,18,19,20). The maximum Gasteiger partial charge on any atom is 0.263 e. The SMILES string of the molecule is Brc1ccccc1Nc1ncncc1-c1nc(-c2ccsc2)no1. The third kappa shape index (κ3) is 2.93. The molecule has 3 aromatic heterocycles. The van der Waals surface area contributed by atoms with Crippen LogP contribution in [0.2, 0.25) is 0 Å². The summed E-state index contributed by atoms with van der Waals surface area (Å²) in [5.74, 6) is 1.51. The van der Waals surface area contributed by atoms with E-state index in [1.165, 1.54) is 6.33 Å². The zero-order valence-corrected chi connectivity index (χ0v) is 14.6. The summed E-state index contributed by atoms with van der Waals surface area (Å²) >= 11 is 5.09. The van der Waals surface area contributed by atoms with Gasteiger partial charge in [-0.2, -0.15) is 16.3 Å². The van der Waals surface area contributed by atoms with E-state index in [9.17, 15) is 0 Å². The highest BCUT2D eigenvalue weighted by Gasteiger charge is 2.16. The molecule has 0 atom stereocenters. The van der Waals surface area contributed by atoms with Crippen molar-refractivity contribution in [1.82, 2.24) is 20.1 Å². The second-order valence-electron chi connectivity index (χ2n) is 4.83. The third-order valence-corrected chi connectivity index (χ3v) is 4.65. The molecular formula is C16H10BrN5OS. The van der Waals surface area contributed by atoms with Crippen molar-refractivity contribution in [2.75, 3.05) is 5.32 Å². The first kappa shape index (κ1) is 15.0. The van der Waals surface area contributed by atoms with Crippen molar-refractivity contribution >= 4 is 38.8 Å². The number of anilines is 2. The number of nitrogens with zero attached hydrogens (tertiary/aromatic N) is 4. The maximum atomic E-state index is 5.39. The van der Waals surface area contributed by atoms with Crippen LogP contribution in [-0.4, -0.2) is 20.1 Å². The number of nitrogens with one attached hydrogen (secondary N) is 1. The number of thiophene rings is 1. The van der Waals surface area contributed by atoms with Gasteiger partial charge in [0.1, 0.15) is 17.7 Å². The monoisotopic (exact) mass is 399 g/mol. The zero-order chi connectivity index (χ0) is 16.4. The number of hydrogen-bond donors (Lipinski definition) is 1. The first-order valence-corrected chi connectivity index (χ1v) is 8.73. The lowest BCUT2D eigenvalue weighted by Gasteiger charge is -2.09. The van der Waals surface area contributed by atoms with Gasteiger partial charge in [0.15, 0.2) is 0 Å². The summed E-state index contributed by atoms with van der Waals surface area (Å²) in [7, 11) is 0. The molecule has 0 amide bonds. The van der Waals surface area contributed by atoms with Crippen LogP contribution >= 0.6 is 27.3 Å². The van der Waals surface area contributed by atoms with Crippen LogP contribution in [0.15, 0.2) is 62.6 Å². The topological polar surface area (TPSA) is 76.7 Å². The van der Waals surface area contributed by atoms with E-state index in [0.29, 0.717) is 23.1 Å². The molecule has 1 N–H and O–H groups in total. The molecule has 118 valence electrons. The third-order valence-electron chi connectivity index (χ3n) is 3.27. The fourth-order valence-electron chi connectivity index (χ4n) is 2.12. The van der Waals surface area contributed by atoms with Gasteiger partial charge in [-0.1, -0.05) is 17.3 Å². The second kappa shape index (κ2) is 6.50. The fourth-order valence-corrected chi connectivity index (χ4v) is 3.14. The molecule has 0 saturated heterocycles. The first-order valence-electron chi connectivity index (χ1n) is 6.99. The molecule has 24 heavy (non-hydrogen) atoms. The molecule has 0 unspecified atom stereocenters. The van der Waals surface area contributed by atoms with Crippen molar-refractivity contribution in [3.8, 4) is 22.8 Å². The Morgan fingerprint density at radius 3 is 2.92 bits per heavy atom. The summed E-state index contributed by atoms with van der Waals surface area (Å²) in [4.78, 5) is 12.8. The first-order chi connectivity index (χ1) is 11.8. The lowest BCUT2D eigenvalue weighted by molar-refractivity contribution is 0.432. The van der Waals surface area contributed by atoms with Gasteiger partial charge in [-0.3, -0.25) is 0 Å². The van der Waals surface area contributed by atoms with Crippen LogP contribution in [-0.2, 0) is 0 Å². The van der Waals surface area contributed by atoms with Gasteiger partial charge < -0.3 is 9.84 Å². The van der Waals surface area contributed by atoms with Gasteiger partial charge in [0, 0.05) is 21.6 Å². The number of aromatic nitrogens is 4. The van der Waals surface area contributed by atoms with E-state index in [1.807, 2.05) is 41.1 Å². The van der Waals surface area contributed by atoms with Gasteiger partial charge in [-0.05, 0) is 39.5 Å². The second-order valence-corrected chi connectivity index (χ2v) is 6.46. The molecule has 1 aromatic carbocycles. The van der Waals surface area contributed by atoms with Crippen molar-refractivity contribution in [3.05, 3.63) is 58.1 Å². The molecular weight excluding hydrogens is 390 g/mol. The van der Waals surface area contributed by atoms with E-state index >= 15 is 0 Å². The maximum absolute atomic E-state index is 5.39. The van der Waals surface area contributed by atoms with Gasteiger partial charge in [-0.15, -0.1) is 0 Å². The molecule has 0 saturated carbocycles. The zero-order valence-electron chi connectivity index (χ0n) is 12.2. The molecule has 4 aromatic rings. The van der Waals surface area contributed by atoms with Crippen LogP contribution in [0.5, 0.6) is 0 Å². The van der Waals surface area contributed by atoms with E-state index in [1.54, 1.807) is 17.5 Å². The van der Waals surface area contributed by atoms with Crippen LogP contribution in [0.4, 0.5) is 11.5 Å². The van der Waals surface area contributed by atoms with Gasteiger partial charge in [-0.25, -0.2) is 9.97 Å². The average Bonchev–Trinajstić information content (AvgIpc) is 3.28. The Labute approximate surface area is 149 Å². The summed E-state index contributed by atoms with van der Waals surface area (Å²) in [6, 6.07) is 9.72. The molecule has 0 spiro atoms. The Kier molecular flexibility index (Phi) is 4.06. The van der Waals surface area contributed by atoms with Crippen LogP contribution < -0.4 is 5.32 Å². The Balaban J connectivity index is 1.71. The quantitative estimate of drug-likeness (QED) is 0.532. The van der Waals surface area contributed by atoms with Crippen molar-refractivity contribution in [1.29, 1.82) is 0 Å². The Morgan fingerprint density at radius 2 is 2.08 bits per heavy atom. The number of para-hydroxylation sites is 1. The molecule has 3 heterocycles. The van der Waals surface area contributed by atoms with Crippen molar-refractivity contribution in [2.24, 2.45) is 0 Å². The van der Waals surface area contributed by atoms with Crippen molar-refractivity contribution < 1.29 is 4.52 Å². The van der Waals surface area contributed by atoms with Crippen LogP contribution in [0.25, 0.3) is 22.8 Å². The lowest BCUT2D eigenvalue weighted by atomic mass is 10.2. The molecule has 0 bridgehead atoms. The van der Waals surface area contributed by atoms with Gasteiger partial charge in [0.25, 0.3) is 5.89 Å². The largest absolute Gasteiger partial charge is 0.339 e.